The Morgan fingerprint density at radius 3 is 2.67 bits per heavy atom. The van der Waals surface area contributed by atoms with Gasteiger partial charge in [0.15, 0.2) is 17.9 Å². The van der Waals surface area contributed by atoms with E-state index in [0.29, 0.717) is 23.9 Å². The molecule has 1 unspecified atom stereocenters. The molecule has 3 rings (SSSR count). The molecule has 20 heteroatoms. The van der Waals surface area contributed by atoms with Gasteiger partial charge in [0.2, 0.25) is 22.3 Å². The SMILES string of the molecule is C[n+]1cc(OC[C@H](ON=C(C(=O)NC2C(=O)N(OS(=O)(=O)[O-])C2(C)C)c2csc(N)n2)C(=O)O)cn1CCCN. The first-order valence-corrected chi connectivity index (χ1v) is 13.7. The number of hydrogen-bond donors (Lipinski definition) is 4. The predicted octanol–water partition coefficient (Wildman–Crippen LogP) is -2.55. The zero-order valence-corrected chi connectivity index (χ0v) is 23.2. The summed E-state index contributed by atoms with van der Waals surface area (Å²) in [6.07, 6.45) is 2.33. The summed E-state index contributed by atoms with van der Waals surface area (Å²) in [5, 5.41) is 17.3. The van der Waals surface area contributed by atoms with Crippen LogP contribution >= 0.6 is 11.3 Å². The molecule has 1 aliphatic heterocycles. The number of aromatic nitrogens is 3. The second-order valence-corrected chi connectivity index (χ2v) is 10.8. The first kappa shape index (κ1) is 30.7. The van der Waals surface area contributed by atoms with Gasteiger partial charge in [-0.2, -0.15) is 14.0 Å². The van der Waals surface area contributed by atoms with Gasteiger partial charge in [-0.3, -0.25) is 9.59 Å². The number of nitrogens with zero attached hydrogens (tertiary/aromatic N) is 5. The van der Waals surface area contributed by atoms with E-state index >= 15 is 0 Å². The molecule has 0 aromatic carbocycles. The van der Waals surface area contributed by atoms with Gasteiger partial charge in [0, 0.05) is 5.38 Å². The summed E-state index contributed by atoms with van der Waals surface area (Å²) in [5.41, 5.74) is 9.11. The average molecular weight is 605 g/mol. The van der Waals surface area contributed by atoms with Crippen molar-refractivity contribution < 1.29 is 51.0 Å². The van der Waals surface area contributed by atoms with Gasteiger partial charge in [-0.25, -0.2) is 18.2 Å². The molecule has 3 heterocycles. The van der Waals surface area contributed by atoms with Crippen LogP contribution in [0.3, 0.4) is 0 Å². The number of hydrogen-bond acceptors (Lipinski definition) is 14. The predicted molar refractivity (Wildman–Crippen MR) is 134 cm³/mol. The Morgan fingerprint density at radius 1 is 1.43 bits per heavy atom. The van der Waals surface area contributed by atoms with Crippen molar-refractivity contribution in [1.82, 2.24) is 20.0 Å². The van der Waals surface area contributed by atoms with E-state index in [0.717, 1.165) is 17.8 Å². The molecule has 6 N–H and O–H groups in total. The zero-order valence-electron chi connectivity index (χ0n) is 21.5. The number of nitrogens with one attached hydrogen (secondary N) is 1. The summed E-state index contributed by atoms with van der Waals surface area (Å²) in [5.74, 6) is -3.16. The number of ether oxygens (including phenoxy) is 1. The Kier molecular flexibility index (Phi) is 9.30. The van der Waals surface area contributed by atoms with E-state index in [1.54, 1.807) is 24.1 Å². The molecule has 1 aliphatic rings. The van der Waals surface area contributed by atoms with Crippen molar-refractivity contribution in [2.75, 3.05) is 18.9 Å². The van der Waals surface area contributed by atoms with Gasteiger partial charge in [-0.1, -0.05) is 5.16 Å². The number of aliphatic carboxylic acids is 1. The number of oxime groups is 1. The topological polar surface area (TPSA) is 258 Å². The van der Waals surface area contributed by atoms with Gasteiger partial charge in [-0.05, 0) is 26.8 Å². The van der Waals surface area contributed by atoms with Crippen LogP contribution in [0.4, 0.5) is 5.13 Å². The number of amides is 2. The van der Waals surface area contributed by atoms with Crippen LogP contribution in [0.1, 0.15) is 26.0 Å². The lowest BCUT2D eigenvalue weighted by molar-refractivity contribution is -0.753. The number of rotatable bonds is 14. The standard InChI is InChI=1S/C20H28N8O10S2/c1-20(2)15(17(30)28(20)38-40(33,34)35)24-16(29)14(12-10-39-19(22)23-12)25-37-13(18(31)32)9-36-11-7-26(3)27(8-11)6-4-5-21/h7-8,10,13,15H,4-6,9,21H2,1-3H3,(H4-,22,23,24,29,31,32,33,34,35)/t13-,15?/m0/s1. The number of nitrogen functional groups attached to an aromatic ring is 1. The molecule has 220 valence electrons. The number of β-lactam (4-membered cyclic amide) rings is 1. The highest BCUT2D eigenvalue weighted by Gasteiger charge is 2.57. The Bertz CT molecular complexity index is 1400. The maximum Gasteiger partial charge on any atom is 0.351 e. The monoisotopic (exact) mass is 604 g/mol. The van der Waals surface area contributed by atoms with Crippen LogP contribution < -0.4 is 26.2 Å². The molecular formula is C20H28N8O10S2. The molecule has 1 fully saturated rings. The molecule has 2 aromatic heterocycles. The molecular weight excluding hydrogens is 576 g/mol. The second kappa shape index (κ2) is 12.1. The number of thiazole rings is 1. The molecule has 0 radical (unpaired) electrons. The second-order valence-electron chi connectivity index (χ2n) is 8.97. The Morgan fingerprint density at radius 2 is 2.12 bits per heavy atom. The quantitative estimate of drug-likeness (QED) is 0.0433. The fraction of sp³-hybridized carbons (Fsp3) is 0.500. The molecule has 1 saturated heterocycles. The number of carboxylic acid groups (broad SMARTS) is 1. The molecule has 2 atom stereocenters. The minimum Gasteiger partial charge on any atom is -0.724 e. The Hall–Kier alpha value is -3.85. The van der Waals surface area contributed by atoms with E-state index in [4.69, 9.17) is 21.0 Å². The van der Waals surface area contributed by atoms with Crippen LogP contribution in [0.15, 0.2) is 22.9 Å². The van der Waals surface area contributed by atoms with Gasteiger partial charge >= 0.3 is 5.97 Å². The van der Waals surface area contributed by atoms with E-state index in [9.17, 15) is 32.5 Å². The van der Waals surface area contributed by atoms with Crippen molar-refractivity contribution >= 4 is 50.4 Å². The van der Waals surface area contributed by atoms with E-state index in [2.05, 4.69) is 19.7 Å². The van der Waals surface area contributed by atoms with Gasteiger partial charge in [0.05, 0.1) is 12.1 Å². The maximum atomic E-state index is 13.1. The minimum absolute atomic E-state index is 0.0564. The van der Waals surface area contributed by atoms with Gasteiger partial charge in [0.25, 0.3) is 17.9 Å². The van der Waals surface area contributed by atoms with Crippen LogP contribution in [-0.4, -0.2) is 87.1 Å². The lowest BCUT2D eigenvalue weighted by Crippen LogP contribution is -2.76. The number of anilines is 1. The highest BCUT2D eigenvalue weighted by molar-refractivity contribution is 7.80. The van der Waals surface area contributed by atoms with E-state index in [1.807, 2.05) is 4.68 Å². The first-order chi connectivity index (χ1) is 18.6. The zero-order chi connectivity index (χ0) is 29.8. The van der Waals surface area contributed by atoms with Crippen molar-refractivity contribution in [3.05, 3.63) is 23.5 Å². The summed E-state index contributed by atoms with van der Waals surface area (Å²) >= 11 is 0.953. The lowest BCUT2D eigenvalue weighted by Gasteiger charge is -2.51. The fourth-order valence-electron chi connectivity index (χ4n) is 3.53. The molecule has 18 nitrogen and oxygen atoms in total. The summed E-state index contributed by atoms with van der Waals surface area (Å²) < 4.78 is 46.0. The molecule has 0 aliphatic carbocycles. The minimum atomic E-state index is -5.25. The van der Waals surface area contributed by atoms with Gasteiger partial charge in [-0.15, -0.1) is 16.0 Å². The summed E-state index contributed by atoms with van der Waals surface area (Å²) in [6.45, 7) is 3.28. The molecule has 0 bridgehead atoms. The van der Waals surface area contributed by atoms with Crippen LogP contribution in [0.5, 0.6) is 5.75 Å². The van der Waals surface area contributed by atoms with Crippen LogP contribution in [0.25, 0.3) is 0 Å². The number of carbonyl (C=O) groups is 3. The van der Waals surface area contributed by atoms with Crippen molar-refractivity contribution in [1.29, 1.82) is 0 Å². The fourth-order valence-corrected chi connectivity index (χ4v) is 4.53. The third-order valence-electron chi connectivity index (χ3n) is 5.63. The van der Waals surface area contributed by atoms with Crippen molar-refractivity contribution in [2.45, 2.75) is 44.5 Å². The van der Waals surface area contributed by atoms with E-state index < -0.39 is 58.2 Å². The van der Waals surface area contributed by atoms with E-state index in [1.165, 1.54) is 19.2 Å². The van der Waals surface area contributed by atoms with Crippen molar-refractivity contribution in [3.63, 3.8) is 0 Å². The lowest BCUT2D eigenvalue weighted by atomic mass is 9.84. The molecule has 0 spiro atoms. The van der Waals surface area contributed by atoms with Gasteiger partial charge < -0.3 is 36.0 Å². The third-order valence-corrected chi connectivity index (χ3v) is 6.64. The normalized spacial score (nSPS) is 17.7. The average Bonchev–Trinajstić information content (AvgIpc) is 3.45. The smallest absolute Gasteiger partial charge is 0.351 e. The Balaban J connectivity index is 1.75. The summed E-state index contributed by atoms with van der Waals surface area (Å²) in [6, 6.07) is -1.34. The van der Waals surface area contributed by atoms with Gasteiger partial charge in [0.1, 0.15) is 24.5 Å². The number of carboxylic acids is 1. The summed E-state index contributed by atoms with van der Waals surface area (Å²) in [4.78, 5) is 46.3. The largest absolute Gasteiger partial charge is 0.724 e. The molecule has 2 amide bonds. The summed E-state index contributed by atoms with van der Waals surface area (Å²) in [7, 11) is -3.49. The number of carbonyl (C=O) groups excluding carboxylic acids is 2. The van der Waals surface area contributed by atoms with Crippen LogP contribution in [0, 0.1) is 0 Å². The van der Waals surface area contributed by atoms with Crippen molar-refractivity contribution in [3.8, 4) is 5.75 Å². The molecule has 2 aromatic rings. The maximum absolute atomic E-state index is 13.1. The van der Waals surface area contributed by atoms with E-state index in [-0.39, 0.29) is 10.8 Å². The highest BCUT2D eigenvalue weighted by atomic mass is 32.3. The number of nitrogens with two attached hydrogens (primary N) is 2. The number of aryl methyl sites for hydroxylation is 2. The highest BCUT2D eigenvalue weighted by Crippen LogP contribution is 2.32. The van der Waals surface area contributed by atoms with Crippen LogP contribution in [-0.2, 0) is 47.5 Å². The molecule has 0 saturated carbocycles. The molecule has 40 heavy (non-hydrogen) atoms. The third kappa shape index (κ3) is 7.21. The van der Waals surface area contributed by atoms with Crippen molar-refractivity contribution in [2.24, 2.45) is 17.9 Å². The first-order valence-electron chi connectivity index (χ1n) is 11.5. The Labute approximate surface area is 232 Å². The number of hydroxylamine groups is 2. The van der Waals surface area contributed by atoms with Crippen LogP contribution in [0.2, 0.25) is 0 Å².